The summed E-state index contributed by atoms with van der Waals surface area (Å²) in [5.41, 5.74) is 5.59. The molecule has 28 heavy (non-hydrogen) atoms. The largest absolute Gasteiger partial charge is 0.478 e. The number of nitrogens with one attached hydrogen (secondary N) is 1. The van der Waals surface area contributed by atoms with Crippen LogP contribution in [-0.4, -0.2) is 33.3 Å². The first-order valence-electron chi connectivity index (χ1n) is 9.25. The Hall–Kier alpha value is -3.47. The molecule has 0 saturated heterocycles. The summed E-state index contributed by atoms with van der Waals surface area (Å²) in [4.78, 5) is 24.3. The number of dihydropyridines is 1. The third kappa shape index (κ3) is 3.39. The van der Waals surface area contributed by atoms with Gasteiger partial charge in [0.1, 0.15) is 5.82 Å². The number of H-pyrrole nitrogens is 1. The van der Waals surface area contributed by atoms with E-state index < -0.39 is 5.97 Å². The van der Waals surface area contributed by atoms with Gasteiger partial charge in [-0.05, 0) is 43.5 Å². The Morgan fingerprint density at radius 2 is 1.93 bits per heavy atom. The highest BCUT2D eigenvalue weighted by Gasteiger charge is 2.20. The summed E-state index contributed by atoms with van der Waals surface area (Å²) < 4.78 is 0. The molecule has 2 N–H and O–H groups in total. The van der Waals surface area contributed by atoms with E-state index >= 15 is 0 Å². The van der Waals surface area contributed by atoms with Gasteiger partial charge in [0.05, 0.1) is 23.0 Å². The van der Waals surface area contributed by atoms with Gasteiger partial charge in [-0.3, -0.25) is 4.99 Å². The van der Waals surface area contributed by atoms with E-state index in [1.807, 2.05) is 54.8 Å². The molecule has 4 rings (SSSR count). The minimum Gasteiger partial charge on any atom is -0.478 e. The molecule has 1 unspecified atom stereocenters. The smallest absolute Gasteiger partial charge is 0.335 e. The highest BCUT2D eigenvalue weighted by atomic mass is 16.4. The Kier molecular flexibility index (Phi) is 4.65. The number of hydrogen-bond donors (Lipinski definition) is 2. The van der Waals surface area contributed by atoms with Crippen molar-refractivity contribution in [1.29, 1.82) is 0 Å². The summed E-state index contributed by atoms with van der Waals surface area (Å²) in [6.07, 6.45) is 4.60. The molecule has 0 spiro atoms. The van der Waals surface area contributed by atoms with Gasteiger partial charge in [0, 0.05) is 17.3 Å². The molecule has 5 heteroatoms. The second kappa shape index (κ2) is 7.27. The van der Waals surface area contributed by atoms with Gasteiger partial charge >= 0.3 is 5.97 Å². The molecule has 1 atom stereocenters. The van der Waals surface area contributed by atoms with Crippen molar-refractivity contribution in [3.8, 4) is 22.6 Å². The predicted molar refractivity (Wildman–Crippen MR) is 112 cm³/mol. The SMILES string of the molecule is Cc1ccc(-c2[nH]c(-c3ccccc3)nc2C2=CC=NC(C)C2)cc1C(=O)O. The second-order valence-corrected chi connectivity index (χ2v) is 7.05. The minimum atomic E-state index is -0.929. The zero-order valence-corrected chi connectivity index (χ0v) is 15.8. The number of aliphatic imine (C=N–C) groups is 1. The van der Waals surface area contributed by atoms with Crippen LogP contribution in [0.25, 0.3) is 28.2 Å². The van der Waals surface area contributed by atoms with E-state index in [0.717, 1.165) is 45.9 Å². The number of nitrogens with zero attached hydrogens (tertiary/aromatic N) is 2. The van der Waals surface area contributed by atoms with Crippen molar-refractivity contribution in [1.82, 2.24) is 9.97 Å². The number of carboxylic acids is 1. The lowest BCUT2D eigenvalue weighted by atomic mass is 9.96. The number of carbonyl (C=O) groups is 1. The van der Waals surface area contributed by atoms with Crippen molar-refractivity contribution in [3.63, 3.8) is 0 Å². The summed E-state index contributed by atoms with van der Waals surface area (Å²) in [7, 11) is 0. The van der Waals surface area contributed by atoms with Gasteiger partial charge in [-0.25, -0.2) is 9.78 Å². The number of benzene rings is 2. The average molecular weight is 371 g/mol. The van der Waals surface area contributed by atoms with E-state index in [4.69, 9.17) is 4.98 Å². The maximum atomic E-state index is 11.6. The van der Waals surface area contributed by atoms with E-state index in [-0.39, 0.29) is 6.04 Å². The van der Waals surface area contributed by atoms with E-state index in [2.05, 4.69) is 16.9 Å². The van der Waals surface area contributed by atoms with Crippen LogP contribution in [0.3, 0.4) is 0 Å². The molecule has 3 aromatic rings. The van der Waals surface area contributed by atoms with Gasteiger partial charge in [0.15, 0.2) is 0 Å². The van der Waals surface area contributed by atoms with Crippen LogP contribution >= 0.6 is 0 Å². The third-order valence-electron chi connectivity index (χ3n) is 4.94. The van der Waals surface area contributed by atoms with Gasteiger partial charge in [0.2, 0.25) is 0 Å². The van der Waals surface area contributed by atoms with Crippen LogP contribution in [0.5, 0.6) is 0 Å². The maximum Gasteiger partial charge on any atom is 0.335 e. The fraction of sp³-hybridized carbons (Fsp3) is 0.174. The third-order valence-corrected chi connectivity index (χ3v) is 4.94. The van der Waals surface area contributed by atoms with Crippen LogP contribution in [0.1, 0.15) is 35.0 Å². The molecule has 0 saturated carbocycles. The molecule has 140 valence electrons. The number of aromatic carboxylic acids is 1. The number of aromatic amines is 1. The highest BCUT2D eigenvalue weighted by molar-refractivity contribution is 5.93. The number of carboxylic acid groups (broad SMARTS) is 1. The van der Waals surface area contributed by atoms with Crippen molar-refractivity contribution < 1.29 is 9.90 Å². The Bertz CT molecular complexity index is 1090. The van der Waals surface area contributed by atoms with E-state index in [1.54, 1.807) is 13.0 Å². The number of aryl methyl sites for hydroxylation is 1. The molecule has 0 aliphatic carbocycles. The first-order valence-corrected chi connectivity index (χ1v) is 9.25. The molecule has 0 fully saturated rings. The first-order chi connectivity index (χ1) is 13.5. The summed E-state index contributed by atoms with van der Waals surface area (Å²) in [6, 6.07) is 15.6. The van der Waals surface area contributed by atoms with Crippen LogP contribution in [0.4, 0.5) is 0 Å². The lowest BCUT2D eigenvalue weighted by molar-refractivity contribution is 0.0696. The molecule has 1 aliphatic rings. The van der Waals surface area contributed by atoms with Gasteiger partial charge in [-0.1, -0.05) is 42.5 Å². The fourth-order valence-electron chi connectivity index (χ4n) is 3.45. The van der Waals surface area contributed by atoms with E-state index in [0.29, 0.717) is 5.56 Å². The molecule has 0 radical (unpaired) electrons. The van der Waals surface area contributed by atoms with Crippen molar-refractivity contribution in [3.05, 3.63) is 71.4 Å². The van der Waals surface area contributed by atoms with Crippen molar-refractivity contribution in [2.75, 3.05) is 0 Å². The predicted octanol–water partition coefficient (Wildman–Crippen LogP) is 5.00. The number of rotatable bonds is 4. The summed E-state index contributed by atoms with van der Waals surface area (Å²) in [6.45, 7) is 3.88. The molecular weight excluding hydrogens is 350 g/mol. The normalized spacial score (nSPS) is 16.1. The lowest BCUT2D eigenvalue weighted by Crippen LogP contribution is -2.06. The molecule has 1 aliphatic heterocycles. The molecule has 2 aromatic carbocycles. The standard InChI is InChI=1S/C23H21N3O2/c1-14-8-9-17(13-19(14)23(27)28)20-21(18-10-11-24-15(2)12-18)26-22(25-20)16-6-4-3-5-7-16/h3-11,13,15H,12H2,1-2H3,(H,25,26)(H,27,28). The topological polar surface area (TPSA) is 78.3 Å². The Morgan fingerprint density at radius 1 is 1.14 bits per heavy atom. The second-order valence-electron chi connectivity index (χ2n) is 7.05. The van der Waals surface area contributed by atoms with Gasteiger partial charge in [0.25, 0.3) is 0 Å². The zero-order chi connectivity index (χ0) is 19.7. The molecule has 2 heterocycles. The zero-order valence-electron chi connectivity index (χ0n) is 15.8. The Balaban J connectivity index is 1.89. The highest BCUT2D eigenvalue weighted by Crippen LogP contribution is 2.34. The molecule has 0 bridgehead atoms. The lowest BCUT2D eigenvalue weighted by Gasteiger charge is -2.14. The van der Waals surface area contributed by atoms with Crippen LogP contribution in [-0.2, 0) is 0 Å². The van der Waals surface area contributed by atoms with Gasteiger partial charge in [-0.2, -0.15) is 0 Å². The maximum absolute atomic E-state index is 11.6. The van der Waals surface area contributed by atoms with Crippen LogP contribution < -0.4 is 0 Å². The number of hydrogen-bond acceptors (Lipinski definition) is 3. The average Bonchev–Trinajstić information content (AvgIpc) is 3.14. The van der Waals surface area contributed by atoms with Gasteiger partial charge in [-0.15, -0.1) is 0 Å². The van der Waals surface area contributed by atoms with Crippen LogP contribution in [0.15, 0.2) is 59.6 Å². The quantitative estimate of drug-likeness (QED) is 0.678. The minimum absolute atomic E-state index is 0.192. The first kappa shape index (κ1) is 17.9. The van der Waals surface area contributed by atoms with E-state index in [9.17, 15) is 9.90 Å². The summed E-state index contributed by atoms with van der Waals surface area (Å²) in [5.74, 6) is -0.166. The van der Waals surface area contributed by atoms with Crippen molar-refractivity contribution in [2.45, 2.75) is 26.3 Å². The molecule has 5 nitrogen and oxygen atoms in total. The van der Waals surface area contributed by atoms with Crippen LogP contribution in [0, 0.1) is 6.92 Å². The monoisotopic (exact) mass is 371 g/mol. The summed E-state index contributed by atoms with van der Waals surface area (Å²) in [5, 5.41) is 9.52. The van der Waals surface area contributed by atoms with Crippen molar-refractivity contribution >= 4 is 17.8 Å². The van der Waals surface area contributed by atoms with E-state index in [1.165, 1.54) is 0 Å². The van der Waals surface area contributed by atoms with Crippen molar-refractivity contribution in [2.24, 2.45) is 4.99 Å². The number of imidazole rings is 1. The molecule has 1 aromatic heterocycles. The molecule has 0 amide bonds. The Morgan fingerprint density at radius 3 is 2.64 bits per heavy atom. The van der Waals surface area contributed by atoms with Crippen LogP contribution in [0.2, 0.25) is 0 Å². The number of allylic oxidation sites excluding steroid dienone is 1. The molecular formula is C23H21N3O2. The number of aromatic nitrogens is 2. The fourth-order valence-corrected chi connectivity index (χ4v) is 3.45. The summed E-state index contributed by atoms with van der Waals surface area (Å²) >= 11 is 0. The van der Waals surface area contributed by atoms with Gasteiger partial charge < -0.3 is 10.1 Å². The Labute approximate surface area is 163 Å².